The molecule has 1 aliphatic heterocycles. The summed E-state index contributed by atoms with van der Waals surface area (Å²) in [6.45, 7) is 2.45. The molecule has 2 heterocycles. The molecule has 10 heteroatoms. The van der Waals surface area contributed by atoms with E-state index in [4.69, 9.17) is 11.6 Å². The van der Waals surface area contributed by atoms with Crippen LogP contribution in [0.1, 0.15) is 30.9 Å². The highest BCUT2D eigenvalue weighted by molar-refractivity contribution is 7.89. The maximum atomic E-state index is 14.3. The van der Waals surface area contributed by atoms with Gasteiger partial charge in [0.25, 0.3) is 0 Å². The number of piperidine rings is 1. The predicted octanol–water partition coefficient (Wildman–Crippen LogP) is 3.99. The summed E-state index contributed by atoms with van der Waals surface area (Å²) in [6, 6.07) is 12.2. The molecule has 0 spiro atoms. The van der Waals surface area contributed by atoms with Crippen LogP contribution in [0.4, 0.5) is 4.39 Å². The SMILES string of the molecule is CCS(=O)(=O)N1CCCC(C(=O)NN=Cc2cn(Cc3c(F)cccc3Cl)c3ccccc23)C1. The Hall–Kier alpha value is -2.75. The Labute approximate surface area is 203 Å². The fourth-order valence-corrected chi connectivity index (χ4v) is 5.61. The average Bonchev–Trinajstić information content (AvgIpc) is 3.19. The van der Waals surface area contributed by atoms with Crippen LogP contribution in [-0.4, -0.2) is 48.3 Å². The number of halogens is 2. The predicted molar refractivity (Wildman–Crippen MR) is 132 cm³/mol. The van der Waals surface area contributed by atoms with Crippen molar-refractivity contribution in [2.24, 2.45) is 11.0 Å². The van der Waals surface area contributed by atoms with Gasteiger partial charge in [0, 0.05) is 46.3 Å². The highest BCUT2D eigenvalue weighted by Gasteiger charge is 2.31. The fraction of sp³-hybridized carbons (Fsp3) is 0.333. The zero-order chi connectivity index (χ0) is 24.3. The number of para-hydroxylation sites is 1. The van der Waals surface area contributed by atoms with Crippen LogP contribution in [0.5, 0.6) is 0 Å². The van der Waals surface area contributed by atoms with Gasteiger partial charge < -0.3 is 4.57 Å². The van der Waals surface area contributed by atoms with E-state index in [0.29, 0.717) is 30.0 Å². The summed E-state index contributed by atoms with van der Waals surface area (Å²) in [7, 11) is -3.33. The van der Waals surface area contributed by atoms with Crippen molar-refractivity contribution in [1.82, 2.24) is 14.3 Å². The Balaban J connectivity index is 1.50. The number of rotatable bonds is 7. The number of amides is 1. The molecule has 1 unspecified atom stereocenters. The number of hydrogen-bond acceptors (Lipinski definition) is 4. The van der Waals surface area contributed by atoms with Crippen molar-refractivity contribution in [3.8, 4) is 0 Å². The molecule has 1 aromatic heterocycles. The zero-order valence-electron chi connectivity index (χ0n) is 18.7. The molecule has 3 aromatic rings. The van der Waals surface area contributed by atoms with E-state index in [1.807, 2.05) is 35.0 Å². The number of nitrogens with one attached hydrogen (secondary N) is 1. The molecule has 1 fully saturated rings. The molecule has 0 bridgehead atoms. The van der Waals surface area contributed by atoms with Crippen molar-refractivity contribution in [2.45, 2.75) is 26.3 Å². The number of hydrazone groups is 1. The molecular weight excluding hydrogens is 479 g/mol. The fourth-order valence-electron chi connectivity index (χ4n) is 4.21. The summed E-state index contributed by atoms with van der Waals surface area (Å²) in [5.41, 5.74) is 4.57. The summed E-state index contributed by atoms with van der Waals surface area (Å²) in [4.78, 5) is 12.6. The summed E-state index contributed by atoms with van der Waals surface area (Å²) in [5, 5.41) is 5.37. The second kappa shape index (κ2) is 10.2. The smallest absolute Gasteiger partial charge is 0.244 e. The van der Waals surface area contributed by atoms with Crippen molar-refractivity contribution in [1.29, 1.82) is 0 Å². The van der Waals surface area contributed by atoms with Crippen LogP contribution in [0.25, 0.3) is 10.9 Å². The summed E-state index contributed by atoms with van der Waals surface area (Å²) in [6.07, 6.45) is 4.62. The Morgan fingerprint density at radius 2 is 2.06 bits per heavy atom. The van der Waals surface area contributed by atoms with Gasteiger partial charge in [-0.25, -0.2) is 22.5 Å². The largest absolute Gasteiger partial charge is 0.342 e. The average molecular weight is 505 g/mol. The molecule has 7 nitrogen and oxygen atoms in total. The first kappa shape index (κ1) is 24.4. The molecule has 34 heavy (non-hydrogen) atoms. The van der Waals surface area contributed by atoms with Crippen molar-refractivity contribution in [3.05, 3.63) is 70.6 Å². The first-order valence-corrected chi connectivity index (χ1v) is 13.1. The minimum absolute atomic E-state index is 0.0155. The molecule has 0 radical (unpaired) electrons. The highest BCUT2D eigenvalue weighted by atomic mass is 35.5. The van der Waals surface area contributed by atoms with Crippen molar-refractivity contribution in [2.75, 3.05) is 18.8 Å². The summed E-state index contributed by atoms with van der Waals surface area (Å²) < 4.78 is 41.9. The van der Waals surface area contributed by atoms with Crippen molar-refractivity contribution in [3.63, 3.8) is 0 Å². The van der Waals surface area contributed by atoms with E-state index in [0.717, 1.165) is 16.5 Å². The van der Waals surface area contributed by atoms with E-state index < -0.39 is 15.9 Å². The first-order valence-electron chi connectivity index (χ1n) is 11.1. The van der Waals surface area contributed by atoms with Gasteiger partial charge in [-0.3, -0.25) is 4.79 Å². The quantitative estimate of drug-likeness (QED) is 0.390. The normalized spacial score (nSPS) is 17.4. The molecule has 1 N–H and O–H groups in total. The molecule has 1 saturated heterocycles. The number of benzene rings is 2. The van der Waals surface area contributed by atoms with Crippen LogP contribution in [0.2, 0.25) is 5.02 Å². The molecular formula is C24H26ClFN4O3S. The lowest BCUT2D eigenvalue weighted by Gasteiger charge is -2.30. The van der Waals surface area contributed by atoms with Gasteiger partial charge in [-0.1, -0.05) is 35.9 Å². The number of sulfonamides is 1. The number of nitrogens with zero attached hydrogens (tertiary/aromatic N) is 3. The van der Waals surface area contributed by atoms with Gasteiger partial charge in [0.15, 0.2) is 0 Å². The molecule has 0 aliphatic carbocycles. The maximum absolute atomic E-state index is 14.3. The lowest BCUT2D eigenvalue weighted by Crippen LogP contribution is -2.45. The molecule has 0 saturated carbocycles. The maximum Gasteiger partial charge on any atom is 0.244 e. The van der Waals surface area contributed by atoms with Gasteiger partial charge in [0.05, 0.1) is 24.4 Å². The molecule has 1 aliphatic rings. The Bertz CT molecular complexity index is 1320. The monoisotopic (exact) mass is 504 g/mol. The Morgan fingerprint density at radius 3 is 2.82 bits per heavy atom. The minimum Gasteiger partial charge on any atom is -0.342 e. The van der Waals surface area contributed by atoms with Gasteiger partial charge in [0.1, 0.15) is 5.82 Å². The van der Waals surface area contributed by atoms with E-state index in [-0.39, 0.29) is 30.6 Å². The van der Waals surface area contributed by atoms with E-state index in [9.17, 15) is 17.6 Å². The highest BCUT2D eigenvalue weighted by Crippen LogP contribution is 2.25. The van der Waals surface area contributed by atoms with Crippen LogP contribution in [0.3, 0.4) is 0 Å². The standard InChI is InChI=1S/C24H26ClFN4O3S/c1-2-34(32,33)30-12-6-7-17(15-30)24(31)28-27-13-18-14-29(23-11-4-3-8-19(18)23)16-20-21(25)9-5-10-22(20)26/h3-5,8-11,13-14,17H,2,6-7,12,15-16H2,1H3,(H,28,31). The topological polar surface area (TPSA) is 83.8 Å². The van der Waals surface area contributed by atoms with E-state index in [1.165, 1.54) is 10.4 Å². The second-order valence-electron chi connectivity index (χ2n) is 8.26. The van der Waals surface area contributed by atoms with Crippen LogP contribution >= 0.6 is 11.6 Å². The van der Waals surface area contributed by atoms with E-state index in [1.54, 1.807) is 25.3 Å². The van der Waals surface area contributed by atoms with Gasteiger partial charge in [-0.05, 0) is 38.0 Å². The Morgan fingerprint density at radius 1 is 1.26 bits per heavy atom. The van der Waals surface area contributed by atoms with Crippen LogP contribution in [-0.2, 0) is 21.4 Å². The lowest BCUT2D eigenvalue weighted by molar-refractivity contribution is -0.126. The number of carbonyl (C=O) groups excluding carboxylic acids is 1. The van der Waals surface area contributed by atoms with E-state index in [2.05, 4.69) is 10.5 Å². The number of fused-ring (bicyclic) bond motifs is 1. The number of carbonyl (C=O) groups is 1. The van der Waals surface area contributed by atoms with Crippen LogP contribution in [0.15, 0.2) is 53.8 Å². The molecule has 4 rings (SSSR count). The van der Waals surface area contributed by atoms with Gasteiger partial charge >= 0.3 is 0 Å². The van der Waals surface area contributed by atoms with Crippen LogP contribution < -0.4 is 5.43 Å². The minimum atomic E-state index is -3.33. The number of hydrogen-bond donors (Lipinski definition) is 1. The van der Waals surface area contributed by atoms with Gasteiger partial charge in [-0.2, -0.15) is 5.10 Å². The third-order valence-corrected chi connectivity index (χ3v) is 8.30. The molecule has 180 valence electrons. The lowest BCUT2D eigenvalue weighted by atomic mass is 9.99. The zero-order valence-corrected chi connectivity index (χ0v) is 20.3. The Kier molecular flexibility index (Phi) is 7.35. The molecule has 1 amide bonds. The van der Waals surface area contributed by atoms with Crippen molar-refractivity contribution < 1.29 is 17.6 Å². The second-order valence-corrected chi connectivity index (χ2v) is 10.9. The molecule has 1 atom stereocenters. The first-order chi connectivity index (χ1) is 16.3. The summed E-state index contributed by atoms with van der Waals surface area (Å²) >= 11 is 6.21. The number of aromatic nitrogens is 1. The van der Waals surface area contributed by atoms with Gasteiger partial charge in [0.2, 0.25) is 15.9 Å². The van der Waals surface area contributed by atoms with Crippen LogP contribution in [0, 0.1) is 11.7 Å². The summed E-state index contributed by atoms with van der Waals surface area (Å²) in [5.74, 6) is -1.12. The molecule has 2 aromatic carbocycles. The third-order valence-electron chi connectivity index (χ3n) is 6.10. The van der Waals surface area contributed by atoms with E-state index >= 15 is 0 Å². The van der Waals surface area contributed by atoms with Crippen molar-refractivity contribution >= 4 is 44.6 Å². The third kappa shape index (κ3) is 5.16. The van der Waals surface area contributed by atoms with Gasteiger partial charge in [-0.15, -0.1) is 0 Å².